The lowest BCUT2D eigenvalue weighted by molar-refractivity contribution is -0.138. The Kier molecular flexibility index (Phi) is 9.95. The number of aliphatic hydroxyl groups is 2. The first-order valence-corrected chi connectivity index (χ1v) is 6.22. The molecule has 6 nitrogen and oxygen atoms in total. The highest BCUT2D eigenvalue weighted by Gasteiger charge is 2.28. The van der Waals surface area contributed by atoms with Crippen molar-refractivity contribution >= 4 is 12.4 Å². The summed E-state index contributed by atoms with van der Waals surface area (Å²) in [5, 5.41) is 33.2. The van der Waals surface area contributed by atoms with E-state index in [1.807, 2.05) is 0 Å². The molecule has 0 unspecified atom stereocenters. The summed E-state index contributed by atoms with van der Waals surface area (Å²) in [5.74, 6) is 9.34. The second-order valence-electron chi connectivity index (χ2n) is 5.34. The smallest absolute Gasteiger partial charge is 0.306 e. The minimum absolute atomic E-state index is 0.0185. The molecule has 1 saturated carbocycles. The Bertz CT molecular complexity index is 411. The molecule has 0 aromatic heterocycles. The van der Waals surface area contributed by atoms with Crippen molar-refractivity contribution in [3.8, 4) is 23.7 Å². The molecule has 4 N–H and O–H groups in total. The molecular weight excluding hydrogens is 276 g/mol. The fourth-order valence-corrected chi connectivity index (χ4v) is 0.699. The van der Waals surface area contributed by atoms with E-state index in [-0.39, 0.29) is 12.4 Å². The summed E-state index contributed by atoms with van der Waals surface area (Å²) in [6.07, 6.45) is 1.80. The highest BCUT2D eigenvalue weighted by atomic mass is 16.4. The van der Waals surface area contributed by atoms with Crippen molar-refractivity contribution in [2.75, 3.05) is 0 Å². The average Bonchev–Trinajstić information content (AvgIpc) is 3.07. The van der Waals surface area contributed by atoms with Crippen molar-refractivity contribution in [1.29, 1.82) is 0 Å². The van der Waals surface area contributed by atoms with Crippen LogP contribution in [-0.4, -0.2) is 44.1 Å². The molecule has 0 aromatic rings. The molecule has 0 saturated heterocycles. The predicted octanol–water partition coefficient (Wildman–Crippen LogP) is 0.717. The number of carbonyl (C=O) groups is 2. The molecule has 0 heterocycles. The normalized spacial score (nSPS) is 12.7. The molecule has 0 bridgehead atoms. The van der Waals surface area contributed by atoms with E-state index >= 15 is 0 Å². The molecule has 0 spiro atoms. The molecule has 118 valence electrons. The van der Waals surface area contributed by atoms with E-state index in [0.717, 1.165) is 12.8 Å². The first kappa shape index (κ1) is 21.3. The summed E-state index contributed by atoms with van der Waals surface area (Å²) in [6, 6.07) is 0. The van der Waals surface area contributed by atoms with Gasteiger partial charge in [-0.1, -0.05) is 11.8 Å². The van der Waals surface area contributed by atoms with Gasteiger partial charge in [0.2, 0.25) is 0 Å². The average molecular weight is 298 g/mol. The molecular formula is C15H22O6. The predicted molar refractivity (Wildman–Crippen MR) is 77.2 cm³/mol. The van der Waals surface area contributed by atoms with Gasteiger partial charge in [-0.05, 0) is 52.4 Å². The van der Waals surface area contributed by atoms with Crippen molar-refractivity contribution in [3.63, 3.8) is 0 Å². The molecule has 6 heteroatoms. The van der Waals surface area contributed by atoms with Crippen molar-refractivity contribution < 1.29 is 30.0 Å². The molecule has 0 aliphatic heterocycles. The largest absolute Gasteiger partial charge is 0.483 e. The van der Waals surface area contributed by atoms with Crippen LogP contribution in [0.25, 0.3) is 0 Å². The number of hydrogen-bond donors (Lipinski definition) is 4. The van der Waals surface area contributed by atoms with E-state index in [9.17, 15) is 4.79 Å². The van der Waals surface area contributed by atoms with Crippen molar-refractivity contribution in [2.45, 2.75) is 51.7 Å². The van der Waals surface area contributed by atoms with Crippen molar-refractivity contribution in [2.24, 2.45) is 5.92 Å². The molecule has 21 heavy (non-hydrogen) atoms. The third-order valence-corrected chi connectivity index (χ3v) is 1.73. The summed E-state index contributed by atoms with van der Waals surface area (Å²) in [5.41, 5.74) is -2.04. The Morgan fingerprint density at radius 3 is 1.43 bits per heavy atom. The SMILES string of the molecule is CC(C)(O)C#CC#CC(C)(C)O.O=C(O)C1CC1.O=CO. The van der Waals surface area contributed by atoms with Crippen LogP contribution in [0.5, 0.6) is 0 Å². The molecule has 1 aliphatic carbocycles. The fraction of sp³-hybridized carbons (Fsp3) is 0.600. The Hall–Kier alpha value is -2.02. The van der Waals surface area contributed by atoms with Gasteiger partial charge in [0.15, 0.2) is 0 Å². The molecule has 0 atom stereocenters. The van der Waals surface area contributed by atoms with Crippen LogP contribution in [0.1, 0.15) is 40.5 Å². The lowest BCUT2D eigenvalue weighted by Gasteiger charge is -2.05. The summed E-state index contributed by atoms with van der Waals surface area (Å²) >= 11 is 0. The van der Waals surface area contributed by atoms with E-state index in [1.54, 1.807) is 27.7 Å². The van der Waals surface area contributed by atoms with Crippen LogP contribution in [0, 0.1) is 29.6 Å². The van der Waals surface area contributed by atoms with Crippen LogP contribution in [0.4, 0.5) is 0 Å². The van der Waals surface area contributed by atoms with Crippen LogP contribution in [0.15, 0.2) is 0 Å². The summed E-state index contributed by atoms with van der Waals surface area (Å²) in [7, 11) is 0. The van der Waals surface area contributed by atoms with Gasteiger partial charge in [0.25, 0.3) is 6.47 Å². The molecule has 0 radical (unpaired) electrons. The van der Waals surface area contributed by atoms with E-state index in [1.165, 1.54) is 0 Å². The van der Waals surface area contributed by atoms with Gasteiger partial charge in [-0.2, -0.15) is 0 Å². The summed E-state index contributed by atoms with van der Waals surface area (Å²) in [4.78, 5) is 18.1. The minimum atomic E-state index is -1.02. The summed E-state index contributed by atoms with van der Waals surface area (Å²) in [6.45, 7) is 6.05. The van der Waals surface area contributed by atoms with Crippen LogP contribution >= 0.6 is 0 Å². The maximum atomic E-state index is 9.76. The van der Waals surface area contributed by atoms with E-state index in [0.29, 0.717) is 0 Å². The molecule has 1 aliphatic rings. The monoisotopic (exact) mass is 298 g/mol. The van der Waals surface area contributed by atoms with Gasteiger partial charge in [-0.3, -0.25) is 9.59 Å². The Labute approximate surface area is 124 Å². The van der Waals surface area contributed by atoms with Gasteiger partial charge in [-0.15, -0.1) is 0 Å². The number of aliphatic carboxylic acids is 1. The molecule has 0 amide bonds. The number of carboxylic acid groups (broad SMARTS) is 2. The van der Waals surface area contributed by atoms with Gasteiger partial charge in [0, 0.05) is 0 Å². The quantitative estimate of drug-likeness (QED) is 0.419. The lowest BCUT2D eigenvalue weighted by Crippen LogP contribution is -2.15. The minimum Gasteiger partial charge on any atom is -0.483 e. The van der Waals surface area contributed by atoms with Gasteiger partial charge in [-0.25, -0.2) is 0 Å². The van der Waals surface area contributed by atoms with Crippen LogP contribution in [-0.2, 0) is 9.59 Å². The Morgan fingerprint density at radius 1 is 1.05 bits per heavy atom. The van der Waals surface area contributed by atoms with E-state index < -0.39 is 17.2 Å². The number of carboxylic acids is 1. The maximum Gasteiger partial charge on any atom is 0.306 e. The second-order valence-corrected chi connectivity index (χ2v) is 5.34. The third kappa shape index (κ3) is 23.5. The van der Waals surface area contributed by atoms with Crippen LogP contribution in [0.3, 0.4) is 0 Å². The van der Waals surface area contributed by atoms with Gasteiger partial charge in [0.1, 0.15) is 11.2 Å². The van der Waals surface area contributed by atoms with Gasteiger partial charge < -0.3 is 20.4 Å². The molecule has 1 rings (SSSR count). The first-order valence-electron chi connectivity index (χ1n) is 6.22. The maximum absolute atomic E-state index is 9.76. The zero-order chi connectivity index (χ0) is 17.1. The highest BCUT2D eigenvalue weighted by molar-refractivity contribution is 5.72. The fourth-order valence-electron chi connectivity index (χ4n) is 0.699. The van der Waals surface area contributed by atoms with E-state index in [4.69, 9.17) is 25.2 Å². The Balaban J connectivity index is 0. The lowest BCUT2D eigenvalue weighted by atomic mass is 10.1. The molecule has 0 aromatic carbocycles. The van der Waals surface area contributed by atoms with Crippen molar-refractivity contribution in [3.05, 3.63) is 0 Å². The topological polar surface area (TPSA) is 115 Å². The van der Waals surface area contributed by atoms with Gasteiger partial charge >= 0.3 is 5.97 Å². The second kappa shape index (κ2) is 9.82. The van der Waals surface area contributed by atoms with Crippen molar-refractivity contribution in [1.82, 2.24) is 0 Å². The number of hydrogen-bond acceptors (Lipinski definition) is 4. The summed E-state index contributed by atoms with van der Waals surface area (Å²) < 4.78 is 0. The van der Waals surface area contributed by atoms with Crippen LogP contribution < -0.4 is 0 Å². The Morgan fingerprint density at radius 2 is 1.33 bits per heavy atom. The third-order valence-electron chi connectivity index (χ3n) is 1.73. The zero-order valence-electron chi connectivity index (χ0n) is 12.7. The molecule has 1 fully saturated rings. The first-order chi connectivity index (χ1) is 9.43. The number of rotatable bonds is 1. The zero-order valence-corrected chi connectivity index (χ0v) is 12.7. The van der Waals surface area contributed by atoms with Crippen LogP contribution in [0.2, 0.25) is 0 Å². The standard InChI is InChI=1S/C10H14O2.C4H6O2.CH2O2/c1-9(2,11)7-5-6-8-10(3,4)12;5-4(6)3-1-2-3;2-1-3/h11-12H,1-4H3;3H,1-2H2,(H,5,6);1H,(H,2,3). The van der Waals surface area contributed by atoms with E-state index in [2.05, 4.69) is 23.7 Å². The highest BCUT2D eigenvalue weighted by Crippen LogP contribution is 2.28. The van der Waals surface area contributed by atoms with Gasteiger partial charge in [0.05, 0.1) is 5.92 Å².